The molecule has 24 heavy (non-hydrogen) atoms. The van der Waals surface area contributed by atoms with Crippen molar-refractivity contribution >= 4 is 16.8 Å². The molecule has 1 N–H and O–H groups in total. The second kappa shape index (κ2) is 5.72. The number of aryl methyl sites for hydroxylation is 1. The average Bonchev–Trinajstić information content (AvgIpc) is 2.99. The number of nitrogens with zero attached hydrogens (tertiary/aromatic N) is 4. The Morgan fingerprint density at radius 3 is 2.96 bits per heavy atom. The molecule has 3 aromatic rings. The van der Waals surface area contributed by atoms with Gasteiger partial charge in [0, 0.05) is 24.5 Å². The first-order chi connectivity index (χ1) is 11.7. The van der Waals surface area contributed by atoms with E-state index in [1.165, 1.54) is 0 Å². The summed E-state index contributed by atoms with van der Waals surface area (Å²) in [6.07, 6.45) is 2.35. The molecule has 0 bridgehead atoms. The predicted octanol–water partition coefficient (Wildman–Crippen LogP) is 1.53. The monoisotopic (exact) mass is 322 g/mol. The maximum absolute atomic E-state index is 12.9. The Bertz CT molecular complexity index is 918. The summed E-state index contributed by atoms with van der Waals surface area (Å²) in [6, 6.07) is 11.1. The van der Waals surface area contributed by atoms with Crippen LogP contribution in [-0.2, 0) is 20.0 Å². The second-order valence-corrected chi connectivity index (χ2v) is 6.11. The number of rotatable bonds is 2. The van der Waals surface area contributed by atoms with Crippen molar-refractivity contribution in [3.05, 3.63) is 59.8 Å². The van der Waals surface area contributed by atoms with Crippen LogP contribution in [0.2, 0.25) is 0 Å². The number of carbonyl (C=O) groups is 1. The smallest absolute Gasteiger partial charge is 0.273 e. The van der Waals surface area contributed by atoms with Gasteiger partial charge in [-0.25, -0.2) is 9.97 Å². The zero-order valence-electron chi connectivity index (χ0n) is 13.4. The van der Waals surface area contributed by atoms with Crippen molar-refractivity contribution < 1.29 is 9.90 Å². The van der Waals surface area contributed by atoms with Crippen LogP contribution in [0.3, 0.4) is 0 Å². The van der Waals surface area contributed by atoms with Crippen LogP contribution in [-0.4, -0.2) is 43.1 Å². The van der Waals surface area contributed by atoms with Gasteiger partial charge in [-0.2, -0.15) is 0 Å². The molecular weight excluding hydrogens is 304 g/mol. The van der Waals surface area contributed by atoms with E-state index in [0.717, 1.165) is 22.3 Å². The lowest BCUT2D eigenvalue weighted by atomic mass is 10.0. The number of aliphatic hydroxyl groups excluding tert-OH is 1. The number of carbonyl (C=O) groups excluding carboxylic acids is 1. The SMILES string of the molecule is Cn1cnc2c1CC(CO)N(C(=O)c1ccc3ccccc3n1)C2. The van der Waals surface area contributed by atoms with E-state index in [4.69, 9.17) is 0 Å². The van der Waals surface area contributed by atoms with Crippen LogP contribution in [0.5, 0.6) is 0 Å². The van der Waals surface area contributed by atoms with Gasteiger partial charge in [0.15, 0.2) is 0 Å². The number of para-hydroxylation sites is 1. The van der Waals surface area contributed by atoms with Crippen molar-refractivity contribution in [2.45, 2.75) is 19.0 Å². The minimum atomic E-state index is -0.256. The summed E-state index contributed by atoms with van der Waals surface area (Å²) >= 11 is 0. The number of hydrogen-bond donors (Lipinski definition) is 1. The molecule has 0 radical (unpaired) electrons. The highest BCUT2D eigenvalue weighted by Crippen LogP contribution is 2.24. The van der Waals surface area contributed by atoms with Crippen molar-refractivity contribution in [3.8, 4) is 0 Å². The largest absolute Gasteiger partial charge is 0.394 e. The summed E-state index contributed by atoms with van der Waals surface area (Å²) in [5.74, 6) is -0.170. The number of hydrogen-bond acceptors (Lipinski definition) is 4. The van der Waals surface area contributed by atoms with Crippen molar-refractivity contribution in [2.24, 2.45) is 7.05 Å². The number of aliphatic hydroxyl groups is 1. The minimum Gasteiger partial charge on any atom is -0.394 e. The molecule has 0 aliphatic carbocycles. The fourth-order valence-electron chi connectivity index (χ4n) is 3.25. The lowest BCUT2D eigenvalue weighted by Crippen LogP contribution is -2.46. The normalized spacial score (nSPS) is 17.1. The number of benzene rings is 1. The number of fused-ring (bicyclic) bond motifs is 2. The van der Waals surface area contributed by atoms with Gasteiger partial charge in [-0.15, -0.1) is 0 Å². The first-order valence-electron chi connectivity index (χ1n) is 7.94. The van der Waals surface area contributed by atoms with Crippen LogP contribution < -0.4 is 0 Å². The van der Waals surface area contributed by atoms with Gasteiger partial charge in [0.1, 0.15) is 5.69 Å². The molecule has 1 aliphatic rings. The van der Waals surface area contributed by atoms with Crippen LogP contribution in [0.4, 0.5) is 0 Å². The Labute approximate surface area is 139 Å². The highest BCUT2D eigenvalue weighted by Gasteiger charge is 2.32. The van der Waals surface area contributed by atoms with Gasteiger partial charge in [0.05, 0.1) is 36.7 Å². The van der Waals surface area contributed by atoms with E-state index in [0.29, 0.717) is 18.7 Å². The molecule has 1 aliphatic heterocycles. The van der Waals surface area contributed by atoms with Gasteiger partial charge in [-0.05, 0) is 12.1 Å². The molecule has 6 heteroatoms. The summed E-state index contributed by atoms with van der Waals surface area (Å²) in [4.78, 5) is 23.5. The van der Waals surface area contributed by atoms with Crippen molar-refractivity contribution in [2.75, 3.05) is 6.61 Å². The van der Waals surface area contributed by atoms with E-state index in [1.54, 1.807) is 17.3 Å². The van der Waals surface area contributed by atoms with Gasteiger partial charge in [0.2, 0.25) is 0 Å². The molecule has 122 valence electrons. The van der Waals surface area contributed by atoms with E-state index in [-0.39, 0.29) is 18.6 Å². The molecule has 0 spiro atoms. The maximum Gasteiger partial charge on any atom is 0.273 e. The van der Waals surface area contributed by atoms with Crippen LogP contribution in [0, 0.1) is 0 Å². The highest BCUT2D eigenvalue weighted by atomic mass is 16.3. The number of amides is 1. The molecule has 2 aromatic heterocycles. The zero-order valence-corrected chi connectivity index (χ0v) is 13.4. The van der Waals surface area contributed by atoms with Crippen molar-refractivity contribution in [3.63, 3.8) is 0 Å². The summed E-state index contributed by atoms with van der Waals surface area (Å²) in [5.41, 5.74) is 3.15. The Kier molecular flexibility index (Phi) is 3.54. The molecular formula is C18H18N4O2. The standard InChI is InChI=1S/C18H18N4O2/c1-21-11-19-16-9-22(13(10-23)8-17(16)21)18(24)15-7-6-12-4-2-3-5-14(12)20-15/h2-7,11,13,23H,8-10H2,1H3. The van der Waals surface area contributed by atoms with Gasteiger partial charge >= 0.3 is 0 Å². The summed E-state index contributed by atoms with van der Waals surface area (Å²) in [5, 5.41) is 10.7. The second-order valence-electron chi connectivity index (χ2n) is 6.11. The molecule has 1 aromatic carbocycles. The van der Waals surface area contributed by atoms with E-state index >= 15 is 0 Å². The molecule has 1 amide bonds. The molecule has 6 nitrogen and oxygen atoms in total. The Morgan fingerprint density at radius 1 is 1.29 bits per heavy atom. The molecule has 0 saturated carbocycles. The number of imidazole rings is 1. The summed E-state index contributed by atoms with van der Waals surface area (Å²) < 4.78 is 1.95. The summed E-state index contributed by atoms with van der Waals surface area (Å²) in [7, 11) is 1.93. The Balaban J connectivity index is 1.69. The third-order valence-electron chi connectivity index (χ3n) is 4.62. The van der Waals surface area contributed by atoms with Gasteiger partial charge < -0.3 is 14.6 Å². The first-order valence-corrected chi connectivity index (χ1v) is 7.94. The van der Waals surface area contributed by atoms with Gasteiger partial charge in [0.25, 0.3) is 5.91 Å². The fourth-order valence-corrected chi connectivity index (χ4v) is 3.25. The van der Waals surface area contributed by atoms with Crippen LogP contribution in [0.1, 0.15) is 21.9 Å². The first kappa shape index (κ1) is 14.8. The maximum atomic E-state index is 12.9. The molecule has 0 saturated heterocycles. The Morgan fingerprint density at radius 2 is 2.12 bits per heavy atom. The highest BCUT2D eigenvalue weighted by molar-refractivity contribution is 5.95. The molecule has 1 atom stereocenters. The minimum absolute atomic E-state index is 0.0794. The molecule has 1 unspecified atom stereocenters. The van der Waals surface area contributed by atoms with Crippen molar-refractivity contribution in [1.29, 1.82) is 0 Å². The molecule has 4 rings (SSSR count). The molecule has 3 heterocycles. The topological polar surface area (TPSA) is 71.2 Å². The van der Waals surface area contributed by atoms with Crippen LogP contribution in [0.25, 0.3) is 10.9 Å². The van der Waals surface area contributed by atoms with Crippen LogP contribution >= 0.6 is 0 Å². The van der Waals surface area contributed by atoms with Gasteiger partial charge in [-0.1, -0.05) is 24.3 Å². The third-order valence-corrected chi connectivity index (χ3v) is 4.62. The number of aromatic nitrogens is 3. The lowest BCUT2D eigenvalue weighted by Gasteiger charge is -2.34. The summed E-state index contributed by atoms with van der Waals surface area (Å²) in [6.45, 7) is 0.318. The quantitative estimate of drug-likeness (QED) is 0.777. The van der Waals surface area contributed by atoms with E-state index < -0.39 is 0 Å². The van der Waals surface area contributed by atoms with Crippen LogP contribution in [0.15, 0.2) is 42.7 Å². The average molecular weight is 322 g/mol. The lowest BCUT2D eigenvalue weighted by molar-refractivity contribution is 0.0530. The molecule has 0 fully saturated rings. The fraction of sp³-hybridized carbons (Fsp3) is 0.278. The van der Waals surface area contributed by atoms with E-state index in [9.17, 15) is 9.90 Å². The number of pyridine rings is 1. The third kappa shape index (κ3) is 2.35. The van der Waals surface area contributed by atoms with E-state index in [2.05, 4.69) is 9.97 Å². The zero-order chi connectivity index (χ0) is 16.7. The van der Waals surface area contributed by atoms with Gasteiger partial charge in [-0.3, -0.25) is 4.79 Å². The van der Waals surface area contributed by atoms with Crippen molar-refractivity contribution in [1.82, 2.24) is 19.4 Å². The predicted molar refractivity (Wildman–Crippen MR) is 89.4 cm³/mol. The Hall–Kier alpha value is -2.73. The van der Waals surface area contributed by atoms with E-state index in [1.807, 2.05) is 41.9 Å².